The van der Waals surface area contributed by atoms with Gasteiger partial charge in [0.25, 0.3) is 0 Å². The van der Waals surface area contributed by atoms with Crippen LogP contribution in [0.15, 0.2) is 12.1 Å². The van der Waals surface area contributed by atoms with Crippen molar-refractivity contribution in [3.63, 3.8) is 0 Å². The topological polar surface area (TPSA) is 22.1 Å². The van der Waals surface area contributed by atoms with Crippen LogP contribution in [0.4, 0.5) is 0 Å². The van der Waals surface area contributed by atoms with Crippen molar-refractivity contribution in [1.29, 1.82) is 0 Å². The summed E-state index contributed by atoms with van der Waals surface area (Å²) in [5, 5.41) is 0. The summed E-state index contributed by atoms with van der Waals surface area (Å²) >= 11 is 0. The SMILES string of the molecule is CCc1ccc(OC2CC2)c(C)n1. The van der Waals surface area contributed by atoms with Crippen molar-refractivity contribution < 1.29 is 4.74 Å². The van der Waals surface area contributed by atoms with Crippen molar-refractivity contribution in [2.24, 2.45) is 0 Å². The average Bonchev–Trinajstić information content (AvgIpc) is 2.92. The van der Waals surface area contributed by atoms with Gasteiger partial charge in [-0.3, -0.25) is 4.98 Å². The van der Waals surface area contributed by atoms with Crippen molar-refractivity contribution in [1.82, 2.24) is 4.98 Å². The van der Waals surface area contributed by atoms with Crippen LogP contribution < -0.4 is 4.74 Å². The summed E-state index contributed by atoms with van der Waals surface area (Å²) in [5.74, 6) is 0.958. The molecule has 13 heavy (non-hydrogen) atoms. The first kappa shape index (κ1) is 8.54. The van der Waals surface area contributed by atoms with E-state index in [2.05, 4.69) is 11.9 Å². The van der Waals surface area contributed by atoms with E-state index in [-0.39, 0.29) is 0 Å². The van der Waals surface area contributed by atoms with E-state index in [0.29, 0.717) is 6.10 Å². The molecule has 0 bridgehead atoms. The highest BCUT2D eigenvalue weighted by Gasteiger charge is 2.24. The Kier molecular flexibility index (Phi) is 2.21. The molecule has 1 aromatic heterocycles. The third-order valence-corrected chi connectivity index (χ3v) is 2.28. The van der Waals surface area contributed by atoms with Crippen molar-refractivity contribution in [2.45, 2.75) is 39.2 Å². The number of nitrogens with zero attached hydrogens (tertiary/aromatic N) is 1. The van der Waals surface area contributed by atoms with Crippen LogP contribution in [0.1, 0.15) is 31.2 Å². The molecule has 1 aliphatic carbocycles. The summed E-state index contributed by atoms with van der Waals surface area (Å²) < 4.78 is 5.69. The lowest BCUT2D eigenvalue weighted by molar-refractivity contribution is 0.299. The quantitative estimate of drug-likeness (QED) is 0.707. The van der Waals surface area contributed by atoms with Crippen LogP contribution in [0.25, 0.3) is 0 Å². The molecule has 1 heterocycles. The van der Waals surface area contributed by atoms with Gasteiger partial charge in [-0.1, -0.05) is 6.92 Å². The van der Waals surface area contributed by atoms with Crippen molar-refractivity contribution >= 4 is 0 Å². The minimum absolute atomic E-state index is 0.466. The lowest BCUT2D eigenvalue weighted by Crippen LogP contribution is -2.00. The fourth-order valence-corrected chi connectivity index (χ4v) is 1.29. The van der Waals surface area contributed by atoms with E-state index in [4.69, 9.17) is 4.74 Å². The Morgan fingerprint density at radius 1 is 1.46 bits per heavy atom. The fraction of sp³-hybridized carbons (Fsp3) is 0.545. The fourth-order valence-electron chi connectivity index (χ4n) is 1.29. The summed E-state index contributed by atoms with van der Waals surface area (Å²) in [6.45, 7) is 4.13. The first-order valence-corrected chi connectivity index (χ1v) is 4.92. The highest BCUT2D eigenvalue weighted by atomic mass is 16.5. The monoisotopic (exact) mass is 177 g/mol. The Hall–Kier alpha value is -1.05. The third-order valence-electron chi connectivity index (χ3n) is 2.28. The molecule has 0 amide bonds. The summed E-state index contributed by atoms with van der Waals surface area (Å²) in [6, 6.07) is 4.09. The molecule has 2 nitrogen and oxygen atoms in total. The van der Waals surface area contributed by atoms with Gasteiger partial charge >= 0.3 is 0 Å². The zero-order valence-electron chi connectivity index (χ0n) is 8.21. The number of aryl methyl sites for hydroxylation is 2. The Morgan fingerprint density at radius 2 is 2.23 bits per heavy atom. The highest BCUT2D eigenvalue weighted by molar-refractivity contribution is 5.29. The maximum absolute atomic E-state index is 5.69. The Balaban J connectivity index is 2.15. The van der Waals surface area contributed by atoms with Crippen molar-refractivity contribution in [2.75, 3.05) is 0 Å². The standard InChI is InChI=1S/C11H15NO/c1-3-9-4-7-11(8(2)12-9)13-10-5-6-10/h4,7,10H,3,5-6H2,1-2H3. The van der Waals surface area contributed by atoms with Gasteiger partial charge in [0.2, 0.25) is 0 Å². The molecule has 1 aromatic rings. The molecular formula is C11H15NO. The molecule has 1 aliphatic rings. The molecule has 70 valence electrons. The Bertz CT molecular complexity index is 305. The molecule has 2 heteroatoms. The molecule has 2 rings (SSSR count). The first-order valence-electron chi connectivity index (χ1n) is 4.92. The summed E-state index contributed by atoms with van der Waals surface area (Å²) in [6.07, 6.45) is 3.86. The van der Waals surface area contributed by atoms with Crippen molar-refractivity contribution in [3.8, 4) is 5.75 Å². The van der Waals surface area contributed by atoms with Crippen LogP contribution in [0.2, 0.25) is 0 Å². The summed E-state index contributed by atoms with van der Waals surface area (Å²) in [7, 11) is 0. The molecular weight excluding hydrogens is 162 g/mol. The number of ether oxygens (including phenoxy) is 1. The molecule has 1 fully saturated rings. The van der Waals surface area contributed by atoms with Crippen LogP contribution >= 0.6 is 0 Å². The van der Waals surface area contributed by atoms with E-state index in [1.807, 2.05) is 19.1 Å². The zero-order valence-corrected chi connectivity index (χ0v) is 8.21. The van der Waals surface area contributed by atoms with E-state index in [0.717, 1.165) is 23.6 Å². The van der Waals surface area contributed by atoms with Gasteiger partial charge in [-0.25, -0.2) is 0 Å². The first-order chi connectivity index (χ1) is 6.29. The Labute approximate surface area is 78.9 Å². The van der Waals surface area contributed by atoms with Crippen LogP contribution in [0.5, 0.6) is 5.75 Å². The van der Waals surface area contributed by atoms with Crippen molar-refractivity contribution in [3.05, 3.63) is 23.5 Å². The molecule has 0 atom stereocenters. The van der Waals surface area contributed by atoms with Crippen LogP contribution in [0, 0.1) is 6.92 Å². The van der Waals surface area contributed by atoms with Gasteiger partial charge < -0.3 is 4.74 Å². The molecule has 0 unspecified atom stereocenters. The normalized spacial score (nSPS) is 15.8. The smallest absolute Gasteiger partial charge is 0.140 e. The van der Waals surface area contributed by atoms with E-state index in [1.165, 1.54) is 12.8 Å². The largest absolute Gasteiger partial charge is 0.489 e. The summed E-state index contributed by atoms with van der Waals surface area (Å²) in [5.41, 5.74) is 2.16. The minimum atomic E-state index is 0.466. The molecule has 0 aliphatic heterocycles. The van der Waals surface area contributed by atoms with E-state index < -0.39 is 0 Å². The van der Waals surface area contributed by atoms with Gasteiger partial charge in [-0.2, -0.15) is 0 Å². The number of pyridine rings is 1. The predicted octanol–water partition coefficient (Wildman–Crippen LogP) is 2.49. The van der Waals surface area contributed by atoms with Gasteiger partial charge in [-0.05, 0) is 38.3 Å². The second-order valence-corrected chi connectivity index (χ2v) is 3.56. The Morgan fingerprint density at radius 3 is 2.77 bits per heavy atom. The molecule has 0 radical (unpaired) electrons. The summed E-state index contributed by atoms with van der Waals surface area (Å²) in [4.78, 5) is 4.45. The molecule has 0 aromatic carbocycles. The number of hydrogen-bond acceptors (Lipinski definition) is 2. The molecule has 0 spiro atoms. The van der Waals surface area contributed by atoms with E-state index in [9.17, 15) is 0 Å². The lowest BCUT2D eigenvalue weighted by Gasteiger charge is -2.07. The number of rotatable bonds is 3. The molecule has 0 N–H and O–H groups in total. The van der Waals surface area contributed by atoms with Gasteiger partial charge in [-0.15, -0.1) is 0 Å². The van der Waals surface area contributed by atoms with Crippen LogP contribution in [-0.2, 0) is 6.42 Å². The lowest BCUT2D eigenvalue weighted by atomic mass is 10.2. The molecule has 1 saturated carbocycles. The minimum Gasteiger partial charge on any atom is -0.489 e. The maximum Gasteiger partial charge on any atom is 0.140 e. The van der Waals surface area contributed by atoms with Crippen LogP contribution in [0.3, 0.4) is 0 Å². The number of hydrogen-bond donors (Lipinski definition) is 0. The average molecular weight is 177 g/mol. The van der Waals surface area contributed by atoms with Crippen LogP contribution in [-0.4, -0.2) is 11.1 Å². The van der Waals surface area contributed by atoms with Gasteiger partial charge in [0, 0.05) is 5.69 Å². The highest BCUT2D eigenvalue weighted by Crippen LogP contribution is 2.28. The maximum atomic E-state index is 5.69. The number of aromatic nitrogens is 1. The third kappa shape index (κ3) is 2.00. The van der Waals surface area contributed by atoms with Gasteiger partial charge in [0.05, 0.1) is 11.8 Å². The zero-order chi connectivity index (χ0) is 9.26. The second kappa shape index (κ2) is 3.36. The van der Waals surface area contributed by atoms with E-state index in [1.54, 1.807) is 0 Å². The predicted molar refractivity (Wildman–Crippen MR) is 52.0 cm³/mol. The van der Waals surface area contributed by atoms with Gasteiger partial charge in [0.15, 0.2) is 0 Å². The van der Waals surface area contributed by atoms with Gasteiger partial charge in [0.1, 0.15) is 5.75 Å². The second-order valence-electron chi connectivity index (χ2n) is 3.56. The molecule has 0 saturated heterocycles. The van der Waals surface area contributed by atoms with E-state index >= 15 is 0 Å².